The van der Waals surface area contributed by atoms with Gasteiger partial charge in [0.05, 0.1) is 24.3 Å². The van der Waals surface area contributed by atoms with Gasteiger partial charge < -0.3 is 28.6 Å². The lowest BCUT2D eigenvalue weighted by atomic mass is 10.1. The van der Waals surface area contributed by atoms with Gasteiger partial charge >= 0.3 is 17.9 Å². The van der Waals surface area contributed by atoms with E-state index in [9.17, 15) is 14.4 Å². The van der Waals surface area contributed by atoms with Crippen LogP contribution >= 0.6 is 0 Å². The summed E-state index contributed by atoms with van der Waals surface area (Å²) in [6.45, 7) is 4.09. The van der Waals surface area contributed by atoms with Gasteiger partial charge in [0.15, 0.2) is 12.4 Å². The van der Waals surface area contributed by atoms with Crippen molar-refractivity contribution >= 4 is 23.6 Å². The van der Waals surface area contributed by atoms with Crippen LogP contribution in [0.5, 0.6) is 17.2 Å². The fraction of sp³-hybridized carbons (Fsp3) is 0.222. The number of ether oxygens (including phenoxy) is 5. The van der Waals surface area contributed by atoms with E-state index < -0.39 is 17.9 Å². The van der Waals surface area contributed by atoms with Gasteiger partial charge in [0.25, 0.3) is 6.23 Å². The Hall–Kier alpha value is -5.48. The van der Waals surface area contributed by atoms with Crippen molar-refractivity contribution in [1.29, 1.82) is 0 Å². The first-order chi connectivity index (χ1) is 22.3. The highest BCUT2D eigenvalue weighted by Crippen LogP contribution is 2.22. The number of benzene rings is 3. The third-order valence-electron chi connectivity index (χ3n) is 6.83. The molecule has 3 aromatic carbocycles. The molecule has 0 N–H and O–H groups in total. The topological polar surface area (TPSA) is 104 Å². The van der Waals surface area contributed by atoms with Crippen LogP contribution in [0.15, 0.2) is 110 Å². The summed E-state index contributed by atoms with van der Waals surface area (Å²) >= 11 is 0. The van der Waals surface area contributed by atoms with E-state index in [0.717, 1.165) is 17.3 Å². The molecule has 0 amide bonds. The lowest BCUT2D eigenvalue weighted by Gasteiger charge is -2.14. The van der Waals surface area contributed by atoms with Gasteiger partial charge in [0.1, 0.15) is 17.2 Å². The maximum atomic E-state index is 12.8. The summed E-state index contributed by atoms with van der Waals surface area (Å²) in [5, 5.41) is 0. The Kier molecular flexibility index (Phi) is 12.0. The Balaban J connectivity index is 1.25. The molecule has 0 saturated carbocycles. The van der Waals surface area contributed by atoms with Crippen LogP contribution in [0.25, 0.3) is 0 Å². The van der Waals surface area contributed by atoms with Crippen molar-refractivity contribution in [2.75, 3.05) is 39.3 Å². The fourth-order valence-corrected chi connectivity index (χ4v) is 4.32. The van der Waals surface area contributed by atoms with Crippen LogP contribution in [0.3, 0.4) is 0 Å². The van der Waals surface area contributed by atoms with Gasteiger partial charge in [0.2, 0.25) is 0 Å². The molecular formula is C36H37N2O8+. The average molecular weight is 626 g/mol. The molecule has 0 bridgehead atoms. The first-order valence-electron chi connectivity index (χ1n) is 14.6. The summed E-state index contributed by atoms with van der Waals surface area (Å²) in [4.78, 5) is 38.4. The van der Waals surface area contributed by atoms with Crippen LogP contribution in [-0.2, 0) is 14.3 Å². The minimum atomic E-state index is -0.540. The molecule has 0 aliphatic rings. The number of hydrogen-bond acceptors (Lipinski definition) is 9. The highest BCUT2D eigenvalue weighted by Gasteiger charge is 2.21. The predicted octanol–water partition coefficient (Wildman–Crippen LogP) is 5.56. The number of carbonyl (C=O) groups is 3. The maximum Gasteiger partial charge on any atom is 0.343 e. The van der Waals surface area contributed by atoms with Crippen molar-refractivity contribution in [2.45, 2.75) is 19.1 Å². The number of pyridine rings is 1. The maximum absolute atomic E-state index is 12.8. The highest BCUT2D eigenvalue weighted by atomic mass is 16.5. The van der Waals surface area contributed by atoms with Gasteiger partial charge in [-0.2, -0.15) is 4.57 Å². The van der Waals surface area contributed by atoms with E-state index in [2.05, 4.69) is 6.58 Å². The third kappa shape index (κ3) is 9.51. The van der Waals surface area contributed by atoms with Gasteiger partial charge in [-0.1, -0.05) is 6.58 Å². The first kappa shape index (κ1) is 33.4. The molecule has 0 aliphatic heterocycles. The minimum absolute atomic E-state index is 0.299. The van der Waals surface area contributed by atoms with E-state index >= 15 is 0 Å². The molecule has 1 aromatic heterocycles. The van der Waals surface area contributed by atoms with Gasteiger partial charge in [-0.3, -0.25) is 0 Å². The number of unbranched alkanes of at least 4 members (excludes halogenated alkanes) is 1. The SMILES string of the molecule is C=CC(=O)OCCCCOc1ccc(C(=O)Oc2ccc(OC(=O)c3ccc(C(OC)[n+]4ccc(N(C)C)cc4)cc3)cc2)cc1. The van der Waals surface area contributed by atoms with Crippen molar-refractivity contribution in [3.05, 3.63) is 127 Å². The van der Waals surface area contributed by atoms with Crippen LogP contribution in [0.2, 0.25) is 0 Å². The molecule has 10 heteroatoms. The molecule has 1 heterocycles. The second-order valence-electron chi connectivity index (χ2n) is 10.3. The molecule has 0 saturated heterocycles. The van der Waals surface area contributed by atoms with Crippen molar-refractivity contribution in [1.82, 2.24) is 0 Å². The Morgan fingerprint density at radius 3 is 1.74 bits per heavy atom. The Morgan fingerprint density at radius 1 is 0.739 bits per heavy atom. The van der Waals surface area contributed by atoms with Crippen LogP contribution < -0.4 is 23.7 Å². The first-order valence-corrected chi connectivity index (χ1v) is 14.6. The number of anilines is 1. The molecule has 4 aromatic rings. The van der Waals surface area contributed by atoms with Crippen molar-refractivity contribution < 1.29 is 42.6 Å². The lowest BCUT2D eigenvalue weighted by molar-refractivity contribution is -0.750. The molecule has 0 radical (unpaired) electrons. The number of carbonyl (C=O) groups excluding carboxylic acids is 3. The predicted molar refractivity (Wildman–Crippen MR) is 171 cm³/mol. The second kappa shape index (κ2) is 16.6. The number of methoxy groups -OCH3 is 1. The Morgan fingerprint density at radius 2 is 1.24 bits per heavy atom. The summed E-state index contributed by atoms with van der Waals surface area (Å²) in [6.07, 6.45) is 6.02. The van der Waals surface area contributed by atoms with Crippen LogP contribution in [0, 0.1) is 0 Å². The fourth-order valence-electron chi connectivity index (χ4n) is 4.32. The third-order valence-corrected chi connectivity index (χ3v) is 6.83. The van der Waals surface area contributed by atoms with E-state index in [4.69, 9.17) is 23.7 Å². The van der Waals surface area contributed by atoms with Gasteiger partial charge in [-0.15, -0.1) is 0 Å². The summed E-state index contributed by atoms with van der Waals surface area (Å²) in [5.41, 5.74) is 2.67. The van der Waals surface area contributed by atoms with E-state index in [1.807, 2.05) is 60.2 Å². The molecule has 0 fully saturated rings. The van der Waals surface area contributed by atoms with Gasteiger partial charge in [-0.25, -0.2) is 14.4 Å². The van der Waals surface area contributed by atoms with E-state index in [1.165, 1.54) is 0 Å². The monoisotopic (exact) mass is 625 g/mol. The van der Waals surface area contributed by atoms with Crippen LogP contribution in [-0.4, -0.2) is 52.3 Å². The van der Waals surface area contributed by atoms with Gasteiger partial charge in [-0.05, 0) is 85.6 Å². The summed E-state index contributed by atoms with van der Waals surface area (Å²) in [6, 6.07) is 23.8. The van der Waals surface area contributed by atoms with Crippen LogP contribution in [0.1, 0.15) is 45.3 Å². The quantitative estimate of drug-likeness (QED) is 0.0552. The standard InChI is InChI=1S/C36H37N2O8/c1-5-33(39)44-25-7-6-24-43-30-14-12-28(13-15-30)36(41)46-32-18-16-31(17-19-32)45-35(40)27-10-8-26(9-11-27)34(42-4)38-22-20-29(21-23-38)37(2)3/h5,8-23,34H,1,6-7,24-25H2,2-4H3/q+1. The largest absolute Gasteiger partial charge is 0.494 e. The summed E-state index contributed by atoms with van der Waals surface area (Å²) < 4.78 is 29.2. The average Bonchev–Trinajstić information content (AvgIpc) is 3.08. The number of nitrogens with zero attached hydrogens (tertiary/aromatic N) is 2. The molecular weight excluding hydrogens is 588 g/mol. The number of hydrogen-bond donors (Lipinski definition) is 0. The zero-order valence-electron chi connectivity index (χ0n) is 26.1. The van der Waals surface area contributed by atoms with E-state index in [1.54, 1.807) is 67.8 Å². The van der Waals surface area contributed by atoms with Crippen LogP contribution in [0.4, 0.5) is 5.69 Å². The molecule has 238 valence electrons. The number of aromatic nitrogens is 1. The molecule has 1 atom stereocenters. The molecule has 46 heavy (non-hydrogen) atoms. The normalized spacial score (nSPS) is 11.2. The van der Waals surface area contributed by atoms with Gasteiger partial charge in [0, 0.05) is 50.7 Å². The van der Waals surface area contributed by atoms with E-state index in [-0.39, 0.29) is 6.23 Å². The molecule has 1 unspecified atom stereocenters. The van der Waals surface area contributed by atoms with Crippen molar-refractivity contribution in [3.63, 3.8) is 0 Å². The summed E-state index contributed by atoms with van der Waals surface area (Å²) in [7, 11) is 5.59. The molecule has 4 rings (SSSR count). The Labute approximate surface area is 268 Å². The number of esters is 3. The summed E-state index contributed by atoms with van der Waals surface area (Å²) in [5.74, 6) is -0.297. The van der Waals surface area contributed by atoms with Crippen molar-refractivity contribution in [2.24, 2.45) is 0 Å². The van der Waals surface area contributed by atoms with Crippen molar-refractivity contribution in [3.8, 4) is 17.2 Å². The molecule has 10 nitrogen and oxygen atoms in total. The second-order valence-corrected chi connectivity index (χ2v) is 10.3. The Bertz CT molecular complexity index is 1600. The number of rotatable bonds is 15. The van der Waals surface area contributed by atoms with E-state index in [0.29, 0.717) is 54.4 Å². The smallest absolute Gasteiger partial charge is 0.343 e. The highest BCUT2D eigenvalue weighted by molar-refractivity contribution is 5.92. The zero-order valence-corrected chi connectivity index (χ0v) is 26.1. The molecule has 0 aliphatic carbocycles. The molecule has 0 spiro atoms. The lowest BCUT2D eigenvalue weighted by Crippen LogP contribution is -2.40. The minimum Gasteiger partial charge on any atom is -0.494 e. The zero-order chi connectivity index (χ0) is 32.9.